The van der Waals surface area contributed by atoms with Crippen LogP contribution in [0.5, 0.6) is 0 Å². The molecule has 7 nitrogen and oxygen atoms in total. The van der Waals surface area contributed by atoms with Crippen molar-refractivity contribution < 1.29 is 9.35 Å². The van der Waals surface area contributed by atoms with Gasteiger partial charge in [0.1, 0.15) is 11.2 Å². The third-order valence-electron chi connectivity index (χ3n) is 2.19. The Labute approximate surface area is 94.6 Å². The summed E-state index contributed by atoms with van der Waals surface area (Å²) in [5.41, 5.74) is 0.282. The van der Waals surface area contributed by atoms with Gasteiger partial charge in [-0.25, -0.2) is 0 Å². The molecule has 7 heteroatoms. The molecule has 0 unspecified atom stereocenters. The van der Waals surface area contributed by atoms with Crippen LogP contribution in [0.2, 0.25) is 0 Å². The number of benzene rings is 1. The van der Waals surface area contributed by atoms with Gasteiger partial charge in [0.05, 0.1) is 9.35 Å². The Morgan fingerprint density at radius 3 is 2.76 bits per heavy atom. The highest BCUT2D eigenvalue weighted by molar-refractivity contribution is 5.73. The molecular weight excluding hydrogens is 226 g/mol. The molecule has 1 aromatic carbocycles. The smallest absolute Gasteiger partial charge is 0.286 e. The van der Waals surface area contributed by atoms with Gasteiger partial charge in [-0.1, -0.05) is 12.1 Å². The molecule has 17 heavy (non-hydrogen) atoms. The molecule has 86 valence electrons. The van der Waals surface area contributed by atoms with E-state index in [2.05, 4.69) is 0 Å². The second-order valence-electron chi connectivity index (χ2n) is 3.26. The van der Waals surface area contributed by atoms with Crippen LogP contribution in [0.15, 0.2) is 36.7 Å². The summed E-state index contributed by atoms with van der Waals surface area (Å²) in [4.78, 5) is 21.0. The average Bonchev–Trinajstić information content (AvgIpc) is 2.32. The minimum Gasteiger partial charge on any atom is -0.805 e. The fraction of sp³-hybridized carbons (Fsp3) is 0. The van der Waals surface area contributed by atoms with Crippen LogP contribution in [0.1, 0.15) is 5.69 Å². The Hall–Kier alpha value is -2.70. The standard InChI is InChI=1S/C10H7N3O4/c14-11-7-8(5-6-12(15)16)13(17)10-4-2-1-3-9(10)11/h1-7H/b6-5+. The van der Waals surface area contributed by atoms with E-state index in [4.69, 9.17) is 0 Å². The van der Waals surface area contributed by atoms with Crippen LogP contribution in [0.25, 0.3) is 17.1 Å². The summed E-state index contributed by atoms with van der Waals surface area (Å²) in [5.74, 6) is 0. The van der Waals surface area contributed by atoms with Crippen LogP contribution in [-0.2, 0) is 0 Å². The Balaban J connectivity index is 2.71. The Bertz CT molecular complexity index is 675. The maximum atomic E-state index is 11.8. The van der Waals surface area contributed by atoms with Crippen LogP contribution in [0.4, 0.5) is 0 Å². The van der Waals surface area contributed by atoms with Crippen molar-refractivity contribution in [1.29, 1.82) is 0 Å². The first-order chi connectivity index (χ1) is 8.09. The second-order valence-corrected chi connectivity index (χ2v) is 3.26. The summed E-state index contributed by atoms with van der Waals surface area (Å²) in [5, 5.41) is 21.9. The van der Waals surface area contributed by atoms with Crippen molar-refractivity contribution in [1.82, 2.24) is 4.73 Å². The average molecular weight is 233 g/mol. The summed E-state index contributed by atoms with van der Waals surface area (Å²) >= 11 is 0. The zero-order chi connectivity index (χ0) is 12.4. The van der Waals surface area contributed by atoms with Crippen molar-refractivity contribution in [2.45, 2.75) is 0 Å². The molecule has 2 rings (SSSR count). The number of para-hydroxylation sites is 2. The zero-order valence-corrected chi connectivity index (χ0v) is 8.52. The molecule has 0 amide bonds. The molecular formula is C10H7N3O4. The van der Waals surface area contributed by atoms with Crippen molar-refractivity contribution in [3.05, 3.63) is 62.6 Å². The molecule has 0 aliphatic rings. The lowest BCUT2D eigenvalue weighted by molar-refractivity contribution is -0.464. The molecule has 0 N–H and O–H groups in total. The van der Waals surface area contributed by atoms with E-state index in [0.29, 0.717) is 15.4 Å². The lowest BCUT2D eigenvalue weighted by Crippen LogP contribution is -2.18. The van der Waals surface area contributed by atoms with E-state index in [1.54, 1.807) is 12.1 Å². The number of rotatable bonds is 2. The van der Waals surface area contributed by atoms with Gasteiger partial charge in [0, 0.05) is 17.0 Å². The number of nitrogens with zero attached hydrogens (tertiary/aromatic N) is 3. The van der Waals surface area contributed by atoms with Crippen molar-refractivity contribution in [2.24, 2.45) is 0 Å². The van der Waals surface area contributed by atoms with E-state index in [1.165, 1.54) is 12.1 Å². The summed E-state index contributed by atoms with van der Waals surface area (Å²) < 4.78 is 0.979. The van der Waals surface area contributed by atoms with E-state index in [1.807, 2.05) is 0 Å². The number of hydrogen-bond donors (Lipinski definition) is 0. The van der Waals surface area contributed by atoms with Gasteiger partial charge in [0.2, 0.25) is 6.20 Å². The third-order valence-corrected chi connectivity index (χ3v) is 2.19. The predicted octanol–water partition coefficient (Wildman–Crippen LogP) is 1.15. The van der Waals surface area contributed by atoms with Crippen LogP contribution >= 0.6 is 0 Å². The van der Waals surface area contributed by atoms with Gasteiger partial charge < -0.3 is 9.94 Å². The molecule has 0 aliphatic carbocycles. The predicted molar refractivity (Wildman–Crippen MR) is 60.1 cm³/mol. The molecule has 0 spiro atoms. The van der Waals surface area contributed by atoms with Gasteiger partial charge in [0.15, 0.2) is 0 Å². The third kappa shape index (κ3) is 1.98. The largest absolute Gasteiger partial charge is 0.805 e. The summed E-state index contributed by atoms with van der Waals surface area (Å²) in [6, 6.07) is 6.21. The van der Waals surface area contributed by atoms with Crippen LogP contribution in [0, 0.1) is 20.2 Å². The first-order valence-electron chi connectivity index (χ1n) is 4.66. The molecule has 0 fully saturated rings. The number of fused-ring (bicyclic) bond motifs is 1. The first-order valence-corrected chi connectivity index (χ1v) is 4.66. The number of aromatic nitrogens is 2. The Kier molecular flexibility index (Phi) is 2.57. The normalized spacial score (nSPS) is 11.1. The molecule has 2 aromatic rings. The topological polar surface area (TPSA) is 94.1 Å². The Morgan fingerprint density at radius 1 is 1.35 bits per heavy atom. The summed E-state index contributed by atoms with van der Waals surface area (Å²) in [7, 11) is 0. The second kappa shape index (κ2) is 4.05. The van der Waals surface area contributed by atoms with Gasteiger partial charge in [-0.15, -0.1) is 0 Å². The van der Waals surface area contributed by atoms with Crippen LogP contribution in [0.3, 0.4) is 0 Å². The lowest BCUT2D eigenvalue weighted by Gasteiger charge is -2.13. The highest BCUT2D eigenvalue weighted by Gasteiger charge is 2.09. The first kappa shape index (κ1) is 10.8. The molecule has 0 aliphatic heterocycles. The van der Waals surface area contributed by atoms with Crippen LogP contribution < -0.4 is 4.43 Å². The maximum absolute atomic E-state index is 11.8. The fourth-order valence-electron chi connectivity index (χ4n) is 1.45. The molecule has 0 saturated carbocycles. The molecule has 0 saturated heterocycles. The number of nitro groups is 1. The van der Waals surface area contributed by atoms with Gasteiger partial charge in [-0.3, -0.25) is 10.1 Å². The fourth-order valence-corrected chi connectivity index (χ4v) is 1.45. The SMILES string of the molecule is O=[N+]([O-])/C=C/c1c[n+](=O)c2ccccc2n1[O-]. The van der Waals surface area contributed by atoms with Gasteiger partial charge in [-0.05, 0) is 6.07 Å². The van der Waals surface area contributed by atoms with Crippen LogP contribution in [-0.4, -0.2) is 9.65 Å². The summed E-state index contributed by atoms with van der Waals surface area (Å²) in [6.07, 6.45) is 2.58. The molecule has 1 aromatic heterocycles. The quantitative estimate of drug-likeness (QED) is 0.441. The molecule has 0 atom stereocenters. The van der Waals surface area contributed by atoms with Crippen molar-refractivity contribution >= 4 is 17.1 Å². The van der Waals surface area contributed by atoms with Gasteiger partial charge in [0.25, 0.3) is 11.7 Å². The van der Waals surface area contributed by atoms with E-state index < -0.39 is 4.92 Å². The number of hydrogen-bond acceptors (Lipinski definition) is 4. The van der Waals surface area contributed by atoms with Crippen molar-refractivity contribution in [3.8, 4) is 0 Å². The summed E-state index contributed by atoms with van der Waals surface area (Å²) in [6.45, 7) is 0. The zero-order valence-electron chi connectivity index (χ0n) is 8.52. The minimum absolute atomic E-state index is 0.0876. The minimum atomic E-state index is -0.704. The van der Waals surface area contributed by atoms with Gasteiger partial charge >= 0.3 is 0 Å². The molecule has 0 bridgehead atoms. The lowest BCUT2D eigenvalue weighted by atomic mass is 10.3. The monoisotopic (exact) mass is 233 g/mol. The highest BCUT2D eigenvalue weighted by Crippen LogP contribution is 2.11. The van der Waals surface area contributed by atoms with Gasteiger partial charge in [-0.2, -0.15) is 0 Å². The van der Waals surface area contributed by atoms with E-state index in [0.717, 1.165) is 12.3 Å². The van der Waals surface area contributed by atoms with E-state index >= 15 is 0 Å². The van der Waals surface area contributed by atoms with E-state index in [9.17, 15) is 20.2 Å². The molecule has 0 radical (unpaired) electrons. The Morgan fingerprint density at radius 2 is 2.06 bits per heavy atom. The van der Waals surface area contributed by atoms with Crippen molar-refractivity contribution in [3.63, 3.8) is 0 Å². The van der Waals surface area contributed by atoms with E-state index in [-0.39, 0.29) is 16.7 Å². The molecule has 1 heterocycles. The van der Waals surface area contributed by atoms with Crippen molar-refractivity contribution in [2.75, 3.05) is 0 Å². The highest BCUT2D eigenvalue weighted by atomic mass is 16.6. The maximum Gasteiger partial charge on any atom is 0.286 e.